The minimum Gasteiger partial charge on any atom is -0.496 e. The molecule has 0 amide bonds. The molecule has 112 valence electrons. The van der Waals surface area contributed by atoms with Crippen molar-refractivity contribution in [2.24, 2.45) is 0 Å². The van der Waals surface area contributed by atoms with Crippen molar-refractivity contribution < 1.29 is 9.47 Å². The summed E-state index contributed by atoms with van der Waals surface area (Å²) in [6.45, 7) is 6.50. The van der Waals surface area contributed by atoms with Gasteiger partial charge in [-0.15, -0.1) is 0 Å². The lowest BCUT2D eigenvalue weighted by Gasteiger charge is -2.15. The van der Waals surface area contributed by atoms with Gasteiger partial charge in [-0.05, 0) is 26.3 Å². The summed E-state index contributed by atoms with van der Waals surface area (Å²) >= 11 is 3.50. The van der Waals surface area contributed by atoms with E-state index in [1.165, 1.54) is 0 Å². The Morgan fingerprint density at radius 3 is 2.52 bits per heavy atom. The van der Waals surface area contributed by atoms with E-state index >= 15 is 0 Å². The fourth-order valence-electron chi connectivity index (χ4n) is 2.38. The van der Waals surface area contributed by atoms with Crippen molar-refractivity contribution in [2.45, 2.75) is 32.7 Å². The average Bonchev–Trinajstić information content (AvgIpc) is 2.48. The van der Waals surface area contributed by atoms with Crippen molar-refractivity contribution in [3.8, 4) is 11.5 Å². The van der Waals surface area contributed by atoms with Crippen LogP contribution >= 0.6 is 15.9 Å². The minimum absolute atomic E-state index is 0.438. The quantitative estimate of drug-likeness (QED) is 0.745. The lowest BCUT2D eigenvalue weighted by Crippen LogP contribution is -2.05. The number of pyridine rings is 1. The number of para-hydroxylation sites is 1. The first-order valence-electron chi connectivity index (χ1n) is 6.84. The molecular weight excluding hydrogens is 330 g/mol. The van der Waals surface area contributed by atoms with Gasteiger partial charge in [0.15, 0.2) is 0 Å². The Labute approximate surface area is 134 Å². The smallest absolute Gasteiger partial charge is 0.131 e. The molecule has 0 aliphatic rings. The molecule has 4 heteroatoms. The van der Waals surface area contributed by atoms with E-state index in [1.807, 2.05) is 26.1 Å². The van der Waals surface area contributed by atoms with Crippen molar-refractivity contribution in [3.63, 3.8) is 0 Å². The molecule has 2 aromatic rings. The summed E-state index contributed by atoms with van der Waals surface area (Å²) < 4.78 is 11.5. The molecule has 2 rings (SSSR count). The van der Waals surface area contributed by atoms with Crippen molar-refractivity contribution in [2.75, 3.05) is 7.11 Å². The molecule has 1 aromatic heterocycles. The molecule has 0 atom stereocenters. The number of rotatable bonds is 5. The number of hydrogen-bond donors (Lipinski definition) is 0. The topological polar surface area (TPSA) is 31.4 Å². The van der Waals surface area contributed by atoms with Crippen LogP contribution in [0.1, 0.15) is 27.9 Å². The normalized spacial score (nSPS) is 10.5. The number of halogens is 1. The van der Waals surface area contributed by atoms with E-state index in [-0.39, 0.29) is 0 Å². The highest BCUT2D eigenvalue weighted by Gasteiger charge is 2.12. The largest absolute Gasteiger partial charge is 0.496 e. The Morgan fingerprint density at radius 2 is 1.86 bits per heavy atom. The first-order chi connectivity index (χ1) is 10.1. The SMILES string of the molecule is COc1c(C)cnc(COc2c(C)cccc2CBr)c1C. The summed E-state index contributed by atoms with van der Waals surface area (Å²) in [7, 11) is 1.68. The zero-order valence-electron chi connectivity index (χ0n) is 12.9. The summed E-state index contributed by atoms with van der Waals surface area (Å²) in [5.41, 5.74) is 5.25. The van der Waals surface area contributed by atoms with Crippen LogP contribution in [0, 0.1) is 20.8 Å². The van der Waals surface area contributed by atoms with Gasteiger partial charge in [-0.2, -0.15) is 0 Å². The second-order valence-electron chi connectivity index (χ2n) is 5.03. The van der Waals surface area contributed by atoms with Crippen LogP contribution in [0.3, 0.4) is 0 Å². The second kappa shape index (κ2) is 6.94. The molecule has 0 unspecified atom stereocenters. The van der Waals surface area contributed by atoms with Crippen molar-refractivity contribution in [1.29, 1.82) is 0 Å². The highest BCUT2D eigenvalue weighted by atomic mass is 79.9. The van der Waals surface area contributed by atoms with E-state index in [2.05, 4.69) is 40.0 Å². The van der Waals surface area contributed by atoms with Gasteiger partial charge in [-0.3, -0.25) is 4.98 Å². The lowest BCUT2D eigenvalue weighted by molar-refractivity contribution is 0.294. The van der Waals surface area contributed by atoms with E-state index in [4.69, 9.17) is 9.47 Å². The number of aryl methyl sites for hydroxylation is 2. The van der Waals surface area contributed by atoms with Crippen LogP contribution in [-0.4, -0.2) is 12.1 Å². The van der Waals surface area contributed by atoms with Crippen LogP contribution in [-0.2, 0) is 11.9 Å². The monoisotopic (exact) mass is 349 g/mol. The van der Waals surface area contributed by atoms with Gasteiger partial charge in [-0.25, -0.2) is 0 Å². The standard InChI is InChI=1S/C17H20BrNO2/c1-11-6-5-7-14(8-18)17(11)21-10-15-13(3)16(20-4)12(2)9-19-15/h5-7,9H,8,10H2,1-4H3. The summed E-state index contributed by atoms with van der Waals surface area (Å²) in [5.74, 6) is 1.81. The van der Waals surface area contributed by atoms with E-state index in [0.717, 1.165) is 44.8 Å². The van der Waals surface area contributed by atoms with Crippen LogP contribution < -0.4 is 9.47 Å². The van der Waals surface area contributed by atoms with E-state index < -0.39 is 0 Å². The molecule has 0 aliphatic heterocycles. The van der Waals surface area contributed by atoms with Crippen LogP contribution in [0.5, 0.6) is 11.5 Å². The number of aromatic nitrogens is 1. The van der Waals surface area contributed by atoms with Gasteiger partial charge in [0.25, 0.3) is 0 Å². The maximum Gasteiger partial charge on any atom is 0.131 e. The number of benzene rings is 1. The van der Waals surface area contributed by atoms with Gasteiger partial charge in [0, 0.05) is 28.2 Å². The average molecular weight is 350 g/mol. The second-order valence-corrected chi connectivity index (χ2v) is 5.59. The Balaban J connectivity index is 2.25. The molecular formula is C17H20BrNO2. The van der Waals surface area contributed by atoms with Gasteiger partial charge >= 0.3 is 0 Å². The number of ether oxygens (including phenoxy) is 2. The number of methoxy groups -OCH3 is 1. The molecule has 21 heavy (non-hydrogen) atoms. The third kappa shape index (κ3) is 3.38. The van der Waals surface area contributed by atoms with Gasteiger partial charge < -0.3 is 9.47 Å². The Bertz CT molecular complexity index is 641. The predicted octanol–water partition coefficient (Wildman–Crippen LogP) is 4.49. The van der Waals surface area contributed by atoms with E-state index in [1.54, 1.807) is 7.11 Å². The van der Waals surface area contributed by atoms with Crippen LogP contribution in [0.25, 0.3) is 0 Å². The summed E-state index contributed by atoms with van der Waals surface area (Å²) in [6, 6.07) is 6.15. The van der Waals surface area contributed by atoms with Gasteiger partial charge in [0.2, 0.25) is 0 Å². The predicted molar refractivity (Wildman–Crippen MR) is 88.4 cm³/mol. The van der Waals surface area contributed by atoms with Crippen LogP contribution in [0.2, 0.25) is 0 Å². The summed E-state index contributed by atoms with van der Waals surface area (Å²) in [5, 5.41) is 0.771. The zero-order valence-corrected chi connectivity index (χ0v) is 14.5. The van der Waals surface area contributed by atoms with Gasteiger partial charge in [0.05, 0.1) is 12.8 Å². The molecule has 0 fully saturated rings. The zero-order chi connectivity index (χ0) is 15.4. The third-order valence-corrected chi connectivity index (χ3v) is 4.14. The van der Waals surface area contributed by atoms with Crippen LogP contribution in [0.15, 0.2) is 24.4 Å². The molecule has 0 saturated heterocycles. The van der Waals surface area contributed by atoms with Crippen molar-refractivity contribution in [3.05, 3.63) is 52.3 Å². The lowest BCUT2D eigenvalue weighted by atomic mass is 10.1. The molecule has 0 aliphatic carbocycles. The van der Waals surface area contributed by atoms with E-state index in [0.29, 0.717) is 6.61 Å². The summed E-state index contributed by atoms with van der Waals surface area (Å²) in [6.07, 6.45) is 1.83. The maximum atomic E-state index is 6.02. The van der Waals surface area contributed by atoms with E-state index in [9.17, 15) is 0 Å². The fraction of sp³-hybridized carbons (Fsp3) is 0.353. The Hall–Kier alpha value is -1.55. The molecule has 1 heterocycles. The molecule has 0 N–H and O–H groups in total. The maximum absolute atomic E-state index is 6.02. The molecule has 0 saturated carbocycles. The third-order valence-electron chi connectivity index (χ3n) is 3.54. The van der Waals surface area contributed by atoms with Crippen molar-refractivity contribution in [1.82, 2.24) is 4.98 Å². The van der Waals surface area contributed by atoms with Gasteiger partial charge in [0.1, 0.15) is 18.1 Å². The number of alkyl halides is 1. The first kappa shape index (κ1) is 15.8. The highest BCUT2D eigenvalue weighted by molar-refractivity contribution is 9.08. The molecule has 3 nitrogen and oxygen atoms in total. The molecule has 1 aromatic carbocycles. The number of nitrogens with zero attached hydrogens (tertiary/aromatic N) is 1. The fourth-order valence-corrected chi connectivity index (χ4v) is 2.82. The number of hydrogen-bond acceptors (Lipinski definition) is 3. The van der Waals surface area contributed by atoms with Crippen LogP contribution in [0.4, 0.5) is 0 Å². The van der Waals surface area contributed by atoms with Crippen molar-refractivity contribution >= 4 is 15.9 Å². The minimum atomic E-state index is 0.438. The first-order valence-corrected chi connectivity index (χ1v) is 7.97. The Morgan fingerprint density at radius 1 is 1.10 bits per heavy atom. The summed E-state index contributed by atoms with van der Waals surface area (Å²) in [4.78, 5) is 4.47. The Kier molecular flexibility index (Phi) is 5.23. The molecule has 0 bridgehead atoms. The molecule has 0 spiro atoms. The highest BCUT2D eigenvalue weighted by Crippen LogP contribution is 2.28. The molecule has 0 radical (unpaired) electrons. The van der Waals surface area contributed by atoms with Gasteiger partial charge in [-0.1, -0.05) is 34.1 Å².